The molecule has 2 aliphatic carbocycles. The highest BCUT2D eigenvalue weighted by Crippen LogP contribution is 2.39. The lowest BCUT2D eigenvalue weighted by atomic mass is 9.77. The van der Waals surface area contributed by atoms with Gasteiger partial charge in [-0.2, -0.15) is 0 Å². The van der Waals surface area contributed by atoms with E-state index in [1.54, 1.807) is 0 Å². The molecule has 136 valence electrons. The Balaban J connectivity index is 1.32. The number of nitrogens with one attached hydrogen (secondary N) is 1. The highest BCUT2D eigenvalue weighted by molar-refractivity contribution is 6.39. The van der Waals surface area contributed by atoms with Crippen LogP contribution in [0.1, 0.15) is 58.3 Å². The van der Waals surface area contributed by atoms with Crippen LogP contribution < -0.4 is 5.32 Å². The van der Waals surface area contributed by atoms with Gasteiger partial charge in [0, 0.05) is 38.4 Å². The van der Waals surface area contributed by atoms with Gasteiger partial charge >= 0.3 is 0 Å². The Bertz CT molecular complexity index is 630. The van der Waals surface area contributed by atoms with Crippen molar-refractivity contribution >= 4 is 17.5 Å². The third-order valence-electron chi connectivity index (χ3n) is 6.09. The van der Waals surface area contributed by atoms with Crippen LogP contribution in [0.2, 0.25) is 0 Å². The molecule has 0 aromatic heterocycles. The molecule has 6 nitrogen and oxygen atoms in total. The zero-order valence-electron chi connectivity index (χ0n) is 14.9. The van der Waals surface area contributed by atoms with Crippen molar-refractivity contribution in [2.24, 2.45) is 10.6 Å². The zero-order valence-corrected chi connectivity index (χ0v) is 14.9. The first-order chi connectivity index (χ1) is 12.0. The number of hydrogen-bond donors (Lipinski definition) is 1. The molecule has 4 rings (SSSR count). The summed E-state index contributed by atoms with van der Waals surface area (Å²) in [5.74, 6) is 0.178. The van der Waals surface area contributed by atoms with Crippen molar-refractivity contribution in [2.75, 3.05) is 13.1 Å². The smallest absolute Gasteiger partial charge is 0.269 e. The number of carbonyl (C=O) groups excluding carboxylic acids is 2. The number of carbonyl (C=O) groups is 2. The monoisotopic (exact) mass is 345 g/mol. The topological polar surface area (TPSA) is 71.0 Å². The Morgan fingerprint density at radius 3 is 2.64 bits per heavy atom. The van der Waals surface area contributed by atoms with E-state index in [2.05, 4.69) is 29.5 Å². The lowest BCUT2D eigenvalue weighted by Crippen LogP contribution is -2.51. The van der Waals surface area contributed by atoms with Crippen molar-refractivity contribution in [1.29, 1.82) is 0 Å². The minimum atomic E-state index is -0.389. The van der Waals surface area contributed by atoms with E-state index < -0.39 is 0 Å². The van der Waals surface area contributed by atoms with E-state index in [-0.39, 0.29) is 22.8 Å². The molecule has 0 aromatic rings. The van der Waals surface area contributed by atoms with Gasteiger partial charge < -0.3 is 15.1 Å². The molecular weight excluding hydrogens is 318 g/mol. The van der Waals surface area contributed by atoms with E-state index in [1.807, 2.05) is 4.90 Å². The van der Waals surface area contributed by atoms with Gasteiger partial charge in [-0.1, -0.05) is 24.2 Å². The number of hydrogen-bond acceptors (Lipinski definition) is 4. The largest absolute Gasteiger partial charge is 0.388 e. The molecule has 2 amide bonds. The van der Waals surface area contributed by atoms with E-state index in [9.17, 15) is 9.59 Å². The number of likely N-dealkylation sites (tertiary alicyclic amines) is 1. The first kappa shape index (κ1) is 16.6. The maximum Gasteiger partial charge on any atom is 0.269 e. The average molecular weight is 345 g/mol. The predicted molar refractivity (Wildman–Crippen MR) is 93.9 cm³/mol. The molecular formula is C19H27N3O3. The average Bonchev–Trinajstić information content (AvgIpc) is 3.34. The van der Waals surface area contributed by atoms with Crippen molar-refractivity contribution in [2.45, 2.75) is 69.9 Å². The van der Waals surface area contributed by atoms with Gasteiger partial charge in [-0.3, -0.25) is 9.59 Å². The third-order valence-corrected chi connectivity index (χ3v) is 6.09. The molecule has 6 heteroatoms. The molecule has 0 radical (unpaired) electrons. The first-order valence-corrected chi connectivity index (χ1v) is 9.50. The molecule has 4 aliphatic rings. The van der Waals surface area contributed by atoms with Gasteiger partial charge in [-0.25, -0.2) is 0 Å². The normalized spacial score (nSPS) is 30.8. The molecule has 2 fully saturated rings. The number of rotatable bonds is 3. The summed E-state index contributed by atoms with van der Waals surface area (Å²) in [7, 11) is 0. The molecule has 1 saturated carbocycles. The zero-order chi connectivity index (χ0) is 17.5. The van der Waals surface area contributed by atoms with Crippen LogP contribution in [-0.4, -0.2) is 47.2 Å². The van der Waals surface area contributed by atoms with Crippen LogP contribution in [0.3, 0.4) is 0 Å². The second kappa shape index (κ2) is 6.15. The molecule has 0 bridgehead atoms. The minimum Gasteiger partial charge on any atom is -0.388 e. The van der Waals surface area contributed by atoms with Crippen LogP contribution in [0.5, 0.6) is 0 Å². The van der Waals surface area contributed by atoms with Gasteiger partial charge in [-0.15, -0.1) is 0 Å². The summed E-state index contributed by atoms with van der Waals surface area (Å²) in [6.07, 6.45) is 11.2. The standard InChI is InChI=1S/C19H27N3O3/c1-18(7-3-2-4-8-18)17(24)22-11-9-19(10-12-22)13-15(21-25-19)16(23)20-14-5-6-14/h2-3,14H,4-13H2,1H3,(H,20,23). The van der Waals surface area contributed by atoms with E-state index >= 15 is 0 Å². The van der Waals surface area contributed by atoms with Gasteiger partial charge in [0.15, 0.2) is 0 Å². The fourth-order valence-electron chi connectivity index (χ4n) is 4.07. The quantitative estimate of drug-likeness (QED) is 0.797. The highest BCUT2D eigenvalue weighted by Gasteiger charge is 2.46. The summed E-state index contributed by atoms with van der Waals surface area (Å²) in [6, 6.07) is 0.330. The Kier molecular flexibility index (Phi) is 4.08. The van der Waals surface area contributed by atoms with Crippen molar-refractivity contribution < 1.29 is 14.4 Å². The summed E-state index contributed by atoms with van der Waals surface area (Å²) < 4.78 is 0. The molecule has 0 aromatic carbocycles. The highest BCUT2D eigenvalue weighted by atomic mass is 16.7. The van der Waals surface area contributed by atoms with Crippen molar-refractivity contribution in [3.05, 3.63) is 12.2 Å². The Labute approximate surface area is 148 Å². The number of nitrogens with zero attached hydrogens (tertiary/aromatic N) is 2. The van der Waals surface area contributed by atoms with Gasteiger partial charge in [0.25, 0.3) is 5.91 Å². The van der Waals surface area contributed by atoms with E-state index in [1.165, 1.54) is 0 Å². The van der Waals surface area contributed by atoms with E-state index in [4.69, 9.17) is 4.84 Å². The molecule has 1 spiro atoms. The first-order valence-electron chi connectivity index (χ1n) is 9.50. The molecule has 1 saturated heterocycles. The van der Waals surface area contributed by atoms with Crippen LogP contribution >= 0.6 is 0 Å². The van der Waals surface area contributed by atoms with Crippen LogP contribution in [0, 0.1) is 5.41 Å². The fraction of sp³-hybridized carbons (Fsp3) is 0.737. The molecule has 25 heavy (non-hydrogen) atoms. The maximum absolute atomic E-state index is 12.9. The molecule has 2 aliphatic heterocycles. The van der Waals surface area contributed by atoms with Crippen LogP contribution in [0.15, 0.2) is 17.3 Å². The van der Waals surface area contributed by atoms with E-state index in [0.29, 0.717) is 31.3 Å². The summed E-state index contributed by atoms with van der Waals surface area (Å²) >= 11 is 0. The van der Waals surface area contributed by atoms with Crippen LogP contribution in [-0.2, 0) is 14.4 Å². The summed E-state index contributed by atoms with van der Waals surface area (Å²) in [6.45, 7) is 3.45. The van der Waals surface area contributed by atoms with Gasteiger partial charge in [0.05, 0.1) is 5.41 Å². The number of allylic oxidation sites excluding steroid dienone is 2. The van der Waals surface area contributed by atoms with E-state index in [0.717, 1.165) is 44.9 Å². The van der Waals surface area contributed by atoms with Gasteiger partial charge in [0.1, 0.15) is 11.3 Å². The second-order valence-corrected chi connectivity index (χ2v) is 8.30. The molecule has 1 unspecified atom stereocenters. The summed E-state index contributed by atoms with van der Waals surface area (Å²) in [5.41, 5.74) is -0.141. The second-order valence-electron chi connectivity index (χ2n) is 8.30. The third kappa shape index (κ3) is 3.31. The lowest BCUT2D eigenvalue weighted by Gasteiger charge is -2.41. The Hall–Kier alpha value is -1.85. The molecule has 1 N–H and O–H groups in total. The molecule has 1 atom stereocenters. The lowest BCUT2D eigenvalue weighted by molar-refractivity contribution is -0.147. The SMILES string of the molecule is CC1(C(=O)N2CCC3(CC2)CC(C(=O)NC2CC2)=NO3)CC=CCC1. The van der Waals surface area contributed by atoms with Crippen molar-refractivity contribution in [3.63, 3.8) is 0 Å². The van der Waals surface area contributed by atoms with Crippen molar-refractivity contribution in [1.82, 2.24) is 10.2 Å². The summed E-state index contributed by atoms with van der Waals surface area (Å²) in [5, 5.41) is 7.03. The Morgan fingerprint density at radius 2 is 2.00 bits per heavy atom. The number of piperidine rings is 1. The van der Waals surface area contributed by atoms with Crippen LogP contribution in [0.25, 0.3) is 0 Å². The fourth-order valence-corrected chi connectivity index (χ4v) is 4.07. The summed E-state index contributed by atoms with van der Waals surface area (Å²) in [4.78, 5) is 32.8. The Morgan fingerprint density at radius 1 is 1.24 bits per heavy atom. The van der Waals surface area contributed by atoms with Crippen LogP contribution in [0.4, 0.5) is 0 Å². The predicted octanol–water partition coefficient (Wildman–Crippen LogP) is 2.15. The molecule has 2 heterocycles. The maximum atomic E-state index is 12.9. The number of oxime groups is 1. The van der Waals surface area contributed by atoms with Gasteiger partial charge in [-0.05, 0) is 32.1 Å². The minimum absolute atomic E-state index is 0.0839. The number of amides is 2. The van der Waals surface area contributed by atoms with Gasteiger partial charge in [0.2, 0.25) is 5.91 Å². The van der Waals surface area contributed by atoms with Crippen molar-refractivity contribution in [3.8, 4) is 0 Å².